The smallest absolute Gasteiger partial charge is 0.269 e. The molecule has 0 aliphatic heterocycles. The van der Waals surface area contributed by atoms with Gasteiger partial charge < -0.3 is 0 Å². The molecule has 0 aliphatic carbocycles. The molecular formula is C16H15NO3. The van der Waals surface area contributed by atoms with E-state index in [0.29, 0.717) is 5.56 Å². The van der Waals surface area contributed by atoms with Crippen LogP contribution in [0.2, 0.25) is 0 Å². The third-order valence-electron chi connectivity index (χ3n) is 3.19. The molecule has 2 rings (SSSR count). The molecule has 0 amide bonds. The maximum atomic E-state index is 12.2. The van der Waals surface area contributed by atoms with E-state index in [4.69, 9.17) is 0 Å². The van der Waals surface area contributed by atoms with Crippen molar-refractivity contribution < 1.29 is 9.72 Å². The highest BCUT2D eigenvalue weighted by Gasteiger charge is 2.11. The standard InChI is InChI=1S/C16H15NO3/c1-11-3-8-15(12(2)9-11)16(18)10-13-4-6-14(7-5-13)17(19)20/h3-9H,10H2,1-2H3. The summed E-state index contributed by atoms with van der Waals surface area (Å²) in [6, 6.07) is 11.8. The molecule has 0 saturated heterocycles. The fraction of sp³-hybridized carbons (Fsp3) is 0.188. The first-order valence-corrected chi connectivity index (χ1v) is 6.31. The van der Waals surface area contributed by atoms with Crippen molar-refractivity contribution in [1.29, 1.82) is 0 Å². The highest BCUT2D eigenvalue weighted by molar-refractivity contribution is 5.98. The topological polar surface area (TPSA) is 60.2 Å². The average Bonchev–Trinajstić information content (AvgIpc) is 2.39. The zero-order valence-corrected chi connectivity index (χ0v) is 11.4. The number of carbonyl (C=O) groups is 1. The van der Waals surface area contributed by atoms with Crippen molar-refractivity contribution in [2.45, 2.75) is 20.3 Å². The van der Waals surface area contributed by atoms with Crippen LogP contribution in [0.1, 0.15) is 27.0 Å². The Kier molecular flexibility index (Phi) is 3.94. The molecular weight excluding hydrogens is 254 g/mol. The van der Waals surface area contributed by atoms with Gasteiger partial charge in [-0.05, 0) is 25.0 Å². The minimum Gasteiger partial charge on any atom is -0.294 e. The molecule has 0 unspecified atom stereocenters. The lowest BCUT2D eigenvalue weighted by atomic mass is 9.98. The van der Waals surface area contributed by atoms with Crippen molar-refractivity contribution in [1.82, 2.24) is 0 Å². The summed E-state index contributed by atoms with van der Waals surface area (Å²) in [4.78, 5) is 22.4. The van der Waals surface area contributed by atoms with Crippen LogP contribution in [-0.2, 0) is 6.42 Å². The van der Waals surface area contributed by atoms with Gasteiger partial charge >= 0.3 is 0 Å². The summed E-state index contributed by atoms with van der Waals surface area (Å²) < 4.78 is 0. The summed E-state index contributed by atoms with van der Waals surface area (Å²) >= 11 is 0. The normalized spacial score (nSPS) is 10.3. The van der Waals surface area contributed by atoms with Gasteiger partial charge in [0.2, 0.25) is 0 Å². The molecule has 0 aliphatic rings. The predicted molar refractivity (Wildman–Crippen MR) is 77.0 cm³/mol. The van der Waals surface area contributed by atoms with Gasteiger partial charge in [0.05, 0.1) is 4.92 Å². The monoisotopic (exact) mass is 269 g/mol. The Morgan fingerprint density at radius 2 is 1.75 bits per heavy atom. The third kappa shape index (κ3) is 3.09. The van der Waals surface area contributed by atoms with E-state index in [0.717, 1.165) is 16.7 Å². The van der Waals surface area contributed by atoms with E-state index in [9.17, 15) is 14.9 Å². The fourth-order valence-corrected chi connectivity index (χ4v) is 2.14. The van der Waals surface area contributed by atoms with E-state index in [1.165, 1.54) is 12.1 Å². The van der Waals surface area contributed by atoms with Gasteiger partial charge in [-0.1, -0.05) is 35.9 Å². The van der Waals surface area contributed by atoms with Gasteiger partial charge in [0.25, 0.3) is 5.69 Å². The fourth-order valence-electron chi connectivity index (χ4n) is 2.14. The third-order valence-corrected chi connectivity index (χ3v) is 3.19. The Bertz CT molecular complexity index is 660. The highest BCUT2D eigenvalue weighted by atomic mass is 16.6. The van der Waals surface area contributed by atoms with Crippen LogP contribution < -0.4 is 0 Å². The Morgan fingerprint density at radius 3 is 2.30 bits per heavy atom. The maximum absolute atomic E-state index is 12.2. The summed E-state index contributed by atoms with van der Waals surface area (Å²) in [6.45, 7) is 3.90. The van der Waals surface area contributed by atoms with Gasteiger partial charge in [-0.15, -0.1) is 0 Å². The lowest BCUT2D eigenvalue weighted by Crippen LogP contribution is -2.06. The quantitative estimate of drug-likeness (QED) is 0.483. The molecule has 0 fully saturated rings. The molecule has 0 saturated carbocycles. The van der Waals surface area contributed by atoms with E-state index in [1.54, 1.807) is 12.1 Å². The van der Waals surface area contributed by atoms with Crippen LogP contribution in [0.5, 0.6) is 0 Å². The molecule has 0 heterocycles. The van der Waals surface area contributed by atoms with Crippen molar-refractivity contribution in [2.75, 3.05) is 0 Å². The van der Waals surface area contributed by atoms with E-state index in [2.05, 4.69) is 0 Å². The van der Waals surface area contributed by atoms with Crippen LogP contribution in [0.25, 0.3) is 0 Å². The summed E-state index contributed by atoms with van der Waals surface area (Å²) in [7, 11) is 0. The van der Waals surface area contributed by atoms with Crippen molar-refractivity contribution in [3.63, 3.8) is 0 Å². The minimum absolute atomic E-state index is 0.0244. The summed E-state index contributed by atoms with van der Waals surface area (Å²) in [5, 5.41) is 10.6. The van der Waals surface area contributed by atoms with Crippen LogP contribution in [0.4, 0.5) is 5.69 Å². The van der Waals surface area contributed by atoms with Crippen molar-refractivity contribution >= 4 is 11.5 Å². The van der Waals surface area contributed by atoms with Gasteiger partial charge in [-0.3, -0.25) is 14.9 Å². The minimum atomic E-state index is -0.449. The van der Waals surface area contributed by atoms with E-state index in [1.807, 2.05) is 32.0 Å². The molecule has 0 atom stereocenters. The second kappa shape index (κ2) is 5.65. The first-order valence-electron chi connectivity index (χ1n) is 6.31. The molecule has 0 radical (unpaired) electrons. The van der Waals surface area contributed by atoms with Crippen LogP contribution in [0.3, 0.4) is 0 Å². The number of nitro benzene ring substituents is 1. The zero-order chi connectivity index (χ0) is 14.7. The Balaban J connectivity index is 2.17. The molecule has 2 aromatic carbocycles. The van der Waals surface area contributed by atoms with Crippen LogP contribution in [-0.4, -0.2) is 10.7 Å². The van der Waals surface area contributed by atoms with Crippen molar-refractivity contribution in [3.05, 3.63) is 74.8 Å². The van der Waals surface area contributed by atoms with Crippen LogP contribution in [0, 0.1) is 24.0 Å². The summed E-state index contributed by atoms with van der Waals surface area (Å²) in [5.41, 5.74) is 3.59. The number of nitrogens with zero attached hydrogens (tertiary/aromatic N) is 1. The molecule has 4 heteroatoms. The largest absolute Gasteiger partial charge is 0.294 e. The molecule has 0 bridgehead atoms. The number of non-ortho nitro benzene ring substituents is 1. The number of benzene rings is 2. The number of rotatable bonds is 4. The maximum Gasteiger partial charge on any atom is 0.269 e. The van der Waals surface area contributed by atoms with Crippen molar-refractivity contribution in [2.24, 2.45) is 0 Å². The molecule has 102 valence electrons. The van der Waals surface area contributed by atoms with Gasteiger partial charge in [0.15, 0.2) is 5.78 Å². The summed E-state index contributed by atoms with van der Waals surface area (Å²) in [6.07, 6.45) is 0.252. The molecule has 4 nitrogen and oxygen atoms in total. The van der Waals surface area contributed by atoms with Gasteiger partial charge in [-0.2, -0.15) is 0 Å². The molecule has 0 N–H and O–H groups in total. The van der Waals surface area contributed by atoms with Crippen molar-refractivity contribution in [3.8, 4) is 0 Å². The number of Topliss-reactive ketones (excluding diaryl/α,β-unsaturated/α-hetero) is 1. The van der Waals surface area contributed by atoms with E-state index < -0.39 is 4.92 Å². The molecule has 0 aromatic heterocycles. The number of aryl methyl sites for hydroxylation is 2. The highest BCUT2D eigenvalue weighted by Crippen LogP contribution is 2.16. The molecule has 20 heavy (non-hydrogen) atoms. The second-order valence-corrected chi connectivity index (χ2v) is 4.84. The lowest BCUT2D eigenvalue weighted by molar-refractivity contribution is -0.384. The van der Waals surface area contributed by atoms with E-state index in [-0.39, 0.29) is 17.9 Å². The second-order valence-electron chi connectivity index (χ2n) is 4.84. The van der Waals surface area contributed by atoms with Gasteiger partial charge in [0.1, 0.15) is 0 Å². The van der Waals surface area contributed by atoms with Crippen LogP contribution in [0.15, 0.2) is 42.5 Å². The number of hydrogen-bond donors (Lipinski definition) is 0. The first kappa shape index (κ1) is 13.9. The number of carbonyl (C=O) groups excluding carboxylic acids is 1. The zero-order valence-electron chi connectivity index (χ0n) is 11.4. The molecule has 0 spiro atoms. The van der Waals surface area contributed by atoms with E-state index >= 15 is 0 Å². The number of ketones is 1. The number of nitro groups is 1. The van der Waals surface area contributed by atoms with Gasteiger partial charge in [0, 0.05) is 24.1 Å². The lowest BCUT2D eigenvalue weighted by Gasteiger charge is -2.06. The predicted octanol–water partition coefficient (Wildman–Crippen LogP) is 3.64. The van der Waals surface area contributed by atoms with Crippen LogP contribution >= 0.6 is 0 Å². The summed E-state index contributed by atoms with van der Waals surface area (Å²) in [5.74, 6) is 0.0244. The molecule has 2 aromatic rings. The van der Waals surface area contributed by atoms with Gasteiger partial charge in [-0.25, -0.2) is 0 Å². The number of hydrogen-bond acceptors (Lipinski definition) is 3. The Morgan fingerprint density at radius 1 is 1.10 bits per heavy atom. The average molecular weight is 269 g/mol. The SMILES string of the molecule is Cc1ccc(C(=O)Cc2ccc([N+](=O)[O-])cc2)c(C)c1. The Hall–Kier alpha value is -2.49. The Labute approximate surface area is 117 Å². The first-order chi connectivity index (χ1) is 9.47.